The Morgan fingerprint density at radius 2 is 2.18 bits per heavy atom. The average Bonchev–Trinajstić information content (AvgIpc) is 2.37. The SMILES string of the molecule is CC1CS(=O)(=O)C2CCSC12. The van der Waals surface area contributed by atoms with Gasteiger partial charge >= 0.3 is 0 Å². The Balaban J connectivity index is 2.35. The third-order valence-corrected chi connectivity index (χ3v) is 6.86. The second-order valence-electron chi connectivity index (χ2n) is 3.47. The molecule has 0 saturated carbocycles. The molecule has 3 atom stereocenters. The fraction of sp³-hybridized carbons (Fsp3) is 1.00. The lowest BCUT2D eigenvalue weighted by molar-refractivity contribution is 0.590. The molecule has 2 aliphatic rings. The summed E-state index contributed by atoms with van der Waals surface area (Å²) in [5.74, 6) is 1.85. The van der Waals surface area contributed by atoms with E-state index in [1.54, 1.807) is 0 Å². The average molecular weight is 192 g/mol. The lowest BCUT2D eigenvalue weighted by atomic mass is 10.1. The number of fused-ring (bicyclic) bond motifs is 1. The highest BCUT2D eigenvalue weighted by molar-refractivity contribution is 8.02. The molecule has 2 saturated heterocycles. The van der Waals surface area contributed by atoms with Crippen LogP contribution in [0.2, 0.25) is 0 Å². The molecule has 0 N–H and O–H groups in total. The van der Waals surface area contributed by atoms with Crippen molar-refractivity contribution in [1.82, 2.24) is 0 Å². The van der Waals surface area contributed by atoms with E-state index in [4.69, 9.17) is 0 Å². The topological polar surface area (TPSA) is 34.1 Å². The minimum atomic E-state index is -2.69. The van der Waals surface area contributed by atoms with Crippen LogP contribution in [0.4, 0.5) is 0 Å². The van der Waals surface area contributed by atoms with Gasteiger partial charge in [-0.1, -0.05) is 6.92 Å². The van der Waals surface area contributed by atoms with E-state index in [2.05, 4.69) is 6.92 Å². The van der Waals surface area contributed by atoms with E-state index in [1.807, 2.05) is 11.8 Å². The molecule has 2 heterocycles. The van der Waals surface area contributed by atoms with E-state index in [1.165, 1.54) is 0 Å². The molecule has 0 aromatic rings. The largest absolute Gasteiger partial charge is 0.228 e. The first-order chi connectivity index (χ1) is 5.11. The zero-order chi connectivity index (χ0) is 8.06. The summed E-state index contributed by atoms with van der Waals surface area (Å²) in [6.07, 6.45) is 0.891. The quantitative estimate of drug-likeness (QED) is 0.572. The van der Waals surface area contributed by atoms with Gasteiger partial charge in [0.25, 0.3) is 0 Å². The van der Waals surface area contributed by atoms with Crippen molar-refractivity contribution in [2.75, 3.05) is 11.5 Å². The standard InChI is InChI=1S/C7H12O2S2/c1-5-4-11(8,9)6-2-3-10-7(5)6/h5-7H,2-4H2,1H3. The highest BCUT2D eigenvalue weighted by Gasteiger charge is 2.47. The van der Waals surface area contributed by atoms with Crippen LogP contribution in [0.25, 0.3) is 0 Å². The summed E-state index contributed by atoms with van der Waals surface area (Å²) < 4.78 is 22.9. The normalized spacial score (nSPS) is 47.5. The molecule has 2 nitrogen and oxygen atoms in total. The smallest absolute Gasteiger partial charge is 0.154 e. The summed E-state index contributed by atoms with van der Waals surface area (Å²) in [5.41, 5.74) is 0. The molecule has 4 heteroatoms. The number of hydrogen-bond donors (Lipinski definition) is 0. The van der Waals surface area contributed by atoms with Gasteiger partial charge in [0.15, 0.2) is 9.84 Å². The van der Waals surface area contributed by atoms with Gasteiger partial charge < -0.3 is 0 Å². The predicted octanol–water partition coefficient (Wildman–Crippen LogP) is 0.925. The third-order valence-electron chi connectivity index (χ3n) is 2.60. The Kier molecular flexibility index (Phi) is 1.72. The van der Waals surface area contributed by atoms with Crippen molar-refractivity contribution < 1.29 is 8.42 Å². The number of hydrogen-bond acceptors (Lipinski definition) is 3. The van der Waals surface area contributed by atoms with Crippen molar-refractivity contribution in [1.29, 1.82) is 0 Å². The fourth-order valence-electron chi connectivity index (χ4n) is 2.09. The van der Waals surface area contributed by atoms with Crippen LogP contribution in [0.15, 0.2) is 0 Å². The van der Waals surface area contributed by atoms with E-state index in [0.29, 0.717) is 16.9 Å². The molecule has 0 radical (unpaired) electrons. The van der Waals surface area contributed by atoms with Gasteiger partial charge in [-0.2, -0.15) is 11.8 Å². The zero-order valence-corrected chi connectivity index (χ0v) is 8.12. The highest BCUT2D eigenvalue weighted by Crippen LogP contribution is 2.42. The first kappa shape index (κ1) is 7.92. The van der Waals surface area contributed by atoms with E-state index < -0.39 is 9.84 Å². The minimum Gasteiger partial charge on any atom is -0.228 e. The van der Waals surface area contributed by atoms with Crippen molar-refractivity contribution in [3.05, 3.63) is 0 Å². The molecule has 0 amide bonds. The van der Waals surface area contributed by atoms with Gasteiger partial charge in [0.1, 0.15) is 0 Å². The Morgan fingerprint density at radius 1 is 1.45 bits per heavy atom. The Labute approximate surface area is 71.7 Å². The summed E-state index contributed by atoms with van der Waals surface area (Å²) >= 11 is 1.84. The minimum absolute atomic E-state index is 0.00231. The number of thioether (sulfide) groups is 1. The van der Waals surface area contributed by atoms with Gasteiger partial charge in [-0.05, 0) is 18.1 Å². The van der Waals surface area contributed by atoms with Crippen LogP contribution in [-0.2, 0) is 9.84 Å². The molecule has 2 rings (SSSR count). The van der Waals surface area contributed by atoms with Crippen molar-refractivity contribution >= 4 is 21.6 Å². The van der Waals surface area contributed by atoms with E-state index >= 15 is 0 Å². The van der Waals surface area contributed by atoms with Gasteiger partial charge in [-0.15, -0.1) is 0 Å². The monoisotopic (exact) mass is 192 g/mol. The Hall–Kier alpha value is 0.300. The van der Waals surface area contributed by atoms with Crippen LogP contribution in [0.1, 0.15) is 13.3 Å². The van der Waals surface area contributed by atoms with Crippen molar-refractivity contribution in [2.24, 2.45) is 5.92 Å². The van der Waals surface area contributed by atoms with Crippen LogP contribution in [0.5, 0.6) is 0 Å². The summed E-state index contributed by atoms with van der Waals surface area (Å²) in [4.78, 5) is 0. The first-order valence-electron chi connectivity index (χ1n) is 3.94. The van der Waals surface area contributed by atoms with Gasteiger partial charge in [-0.25, -0.2) is 8.42 Å². The fourth-order valence-corrected chi connectivity index (χ4v) is 6.88. The van der Waals surface area contributed by atoms with Gasteiger partial charge in [0, 0.05) is 5.25 Å². The van der Waals surface area contributed by atoms with Crippen LogP contribution < -0.4 is 0 Å². The second-order valence-corrected chi connectivity index (χ2v) is 7.02. The number of sulfone groups is 1. The molecule has 2 fully saturated rings. The molecular formula is C7H12O2S2. The van der Waals surface area contributed by atoms with Crippen molar-refractivity contribution in [3.63, 3.8) is 0 Å². The molecule has 0 aromatic heterocycles. The van der Waals surface area contributed by atoms with Crippen molar-refractivity contribution in [3.8, 4) is 0 Å². The van der Waals surface area contributed by atoms with E-state index in [0.717, 1.165) is 12.2 Å². The molecule has 0 bridgehead atoms. The molecule has 0 aromatic carbocycles. The van der Waals surface area contributed by atoms with Gasteiger partial charge in [0.05, 0.1) is 11.0 Å². The molecule has 0 spiro atoms. The third kappa shape index (κ3) is 1.11. The van der Waals surface area contributed by atoms with Crippen molar-refractivity contribution in [2.45, 2.75) is 23.8 Å². The summed E-state index contributed by atoms with van der Waals surface area (Å²) in [6, 6.07) is 0. The maximum atomic E-state index is 11.4. The summed E-state index contributed by atoms with van der Waals surface area (Å²) in [7, 11) is -2.69. The lowest BCUT2D eigenvalue weighted by Crippen LogP contribution is -2.19. The predicted molar refractivity (Wildman–Crippen MR) is 47.6 cm³/mol. The molecule has 0 aliphatic carbocycles. The van der Waals surface area contributed by atoms with E-state index in [9.17, 15) is 8.42 Å². The van der Waals surface area contributed by atoms with Gasteiger partial charge in [-0.3, -0.25) is 0 Å². The second kappa shape index (κ2) is 2.39. The van der Waals surface area contributed by atoms with Gasteiger partial charge in [0.2, 0.25) is 0 Å². The molecule has 2 aliphatic heterocycles. The zero-order valence-electron chi connectivity index (χ0n) is 6.49. The van der Waals surface area contributed by atoms with Crippen LogP contribution in [0.3, 0.4) is 0 Å². The molecule has 11 heavy (non-hydrogen) atoms. The highest BCUT2D eigenvalue weighted by atomic mass is 32.2. The van der Waals surface area contributed by atoms with Crippen LogP contribution >= 0.6 is 11.8 Å². The molecular weight excluding hydrogens is 180 g/mol. The lowest BCUT2D eigenvalue weighted by Gasteiger charge is -2.08. The number of rotatable bonds is 0. The van der Waals surface area contributed by atoms with Crippen LogP contribution in [-0.4, -0.2) is 30.4 Å². The Morgan fingerprint density at radius 3 is 2.82 bits per heavy atom. The molecule has 3 unspecified atom stereocenters. The Bertz CT molecular complexity index is 258. The molecule has 64 valence electrons. The maximum Gasteiger partial charge on any atom is 0.154 e. The summed E-state index contributed by atoms with van der Waals surface area (Å²) in [5, 5.41) is 0.419. The summed E-state index contributed by atoms with van der Waals surface area (Å²) in [6.45, 7) is 2.06. The maximum absolute atomic E-state index is 11.4. The van der Waals surface area contributed by atoms with Crippen LogP contribution in [0, 0.1) is 5.92 Å². The van der Waals surface area contributed by atoms with E-state index in [-0.39, 0.29) is 5.25 Å². The first-order valence-corrected chi connectivity index (χ1v) is 6.71.